The average molecular weight is 460 g/mol. The number of unbranched alkanes of at least 4 members (excludes halogenated alkanes) is 7. The van der Waals surface area contributed by atoms with Crippen LogP contribution in [0.2, 0.25) is 0 Å². The molecule has 0 aliphatic carbocycles. The molecule has 3 aromatic rings. The first-order chi connectivity index (χ1) is 16.7. The van der Waals surface area contributed by atoms with E-state index < -0.39 is 0 Å². The minimum atomic E-state index is 0.811. The lowest BCUT2D eigenvalue weighted by molar-refractivity contribution is 0.575. The lowest BCUT2D eigenvalue weighted by atomic mass is 9.90. The Balaban J connectivity index is 0.00000199. The number of benzene rings is 2. The van der Waals surface area contributed by atoms with Crippen LogP contribution in [0.25, 0.3) is 17.0 Å². The molecule has 0 saturated carbocycles. The van der Waals surface area contributed by atoms with Crippen LogP contribution in [0.5, 0.6) is 0 Å². The van der Waals surface area contributed by atoms with Crippen molar-refractivity contribution in [1.29, 1.82) is 0 Å². The van der Waals surface area contributed by atoms with Gasteiger partial charge in [-0.2, -0.15) is 5.10 Å². The van der Waals surface area contributed by atoms with Crippen LogP contribution in [0.1, 0.15) is 108 Å². The molecule has 0 fully saturated rings. The fourth-order valence-corrected chi connectivity index (χ4v) is 4.35. The van der Waals surface area contributed by atoms with Gasteiger partial charge in [0.1, 0.15) is 6.33 Å². The molecule has 2 aromatic carbocycles. The maximum absolute atomic E-state index is 4.33. The molecule has 1 heterocycles. The molecule has 3 nitrogen and oxygen atoms in total. The summed E-state index contributed by atoms with van der Waals surface area (Å²) in [5, 5.41) is 7.00. The number of H-pyrrole nitrogens is 1. The summed E-state index contributed by atoms with van der Waals surface area (Å²) in [5.74, 6) is 0.811. The van der Waals surface area contributed by atoms with Gasteiger partial charge in [-0.3, -0.25) is 5.10 Å². The molecule has 3 rings (SSSR count). The van der Waals surface area contributed by atoms with Crippen LogP contribution in [0.3, 0.4) is 0 Å². The third-order valence-corrected chi connectivity index (χ3v) is 6.18. The number of hydrogen-bond donors (Lipinski definition) is 1. The van der Waals surface area contributed by atoms with E-state index >= 15 is 0 Å². The molecule has 0 aliphatic heterocycles. The van der Waals surface area contributed by atoms with Crippen LogP contribution < -0.4 is 0 Å². The number of hydrogen-bond acceptors (Lipinski definition) is 2. The first kappa shape index (κ1) is 27.6. The van der Waals surface area contributed by atoms with Gasteiger partial charge in [-0.1, -0.05) is 115 Å². The zero-order valence-electron chi connectivity index (χ0n) is 22.2. The Bertz CT molecular complexity index is 970. The minimum absolute atomic E-state index is 0.811. The molecule has 184 valence electrons. The topological polar surface area (TPSA) is 41.6 Å². The van der Waals surface area contributed by atoms with Crippen LogP contribution >= 0.6 is 0 Å². The summed E-state index contributed by atoms with van der Waals surface area (Å²) < 4.78 is 0. The van der Waals surface area contributed by atoms with E-state index in [4.69, 9.17) is 0 Å². The van der Waals surface area contributed by atoms with Crippen molar-refractivity contribution >= 4 is 5.57 Å². The van der Waals surface area contributed by atoms with Crippen LogP contribution in [-0.4, -0.2) is 15.2 Å². The summed E-state index contributed by atoms with van der Waals surface area (Å²) in [5.41, 5.74) is 7.68. The van der Waals surface area contributed by atoms with Crippen LogP contribution in [0, 0.1) is 6.92 Å². The SMILES string of the molecule is CC.CC/C=C(/c1cccc(CCCCCCCCCC)c1)c1cc(-c2ncn[nH]2)ccc1C. The summed E-state index contributed by atoms with van der Waals surface area (Å²) >= 11 is 0. The van der Waals surface area contributed by atoms with E-state index in [2.05, 4.69) is 84.5 Å². The van der Waals surface area contributed by atoms with Crippen LogP contribution in [0.15, 0.2) is 54.9 Å². The van der Waals surface area contributed by atoms with Gasteiger partial charge in [0.15, 0.2) is 5.82 Å². The maximum Gasteiger partial charge on any atom is 0.155 e. The van der Waals surface area contributed by atoms with E-state index in [-0.39, 0.29) is 0 Å². The van der Waals surface area contributed by atoms with Crippen LogP contribution in [-0.2, 0) is 6.42 Å². The van der Waals surface area contributed by atoms with Crippen molar-refractivity contribution in [1.82, 2.24) is 15.2 Å². The number of aromatic amines is 1. The second kappa shape index (κ2) is 16.0. The molecule has 0 amide bonds. The van der Waals surface area contributed by atoms with Crippen molar-refractivity contribution < 1.29 is 0 Å². The number of allylic oxidation sites excluding steroid dienone is 1. The van der Waals surface area contributed by atoms with Crippen molar-refractivity contribution in [2.24, 2.45) is 0 Å². The van der Waals surface area contributed by atoms with Gasteiger partial charge in [-0.05, 0) is 60.1 Å². The summed E-state index contributed by atoms with van der Waals surface area (Å²) in [6.07, 6.45) is 17.0. The molecular weight excluding hydrogens is 414 g/mol. The van der Waals surface area contributed by atoms with Crippen molar-refractivity contribution in [2.45, 2.75) is 98.8 Å². The second-order valence-electron chi connectivity index (χ2n) is 8.82. The number of aromatic nitrogens is 3. The van der Waals surface area contributed by atoms with E-state index in [1.807, 2.05) is 13.8 Å². The fraction of sp³-hybridized carbons (Fsp3) is 0.484. The first-order valence-electron chi connectivity index (χ1n) is 13.5. The maximum atomic E-state index is 4.33. The zero-order chi connectivity index (χ0) is 24.6. The molecule has 0 aliphatic rings. The average Bonchev–Trinajstić information content (AvgIpc) is 3.41. The number of nitrogens with one attached hydrogen (secondary N) is 1. The molecule has 0 bridgehead atoms. The molecule has 0 atom stereocenters. The van der Waals surface area contributed by atoms with Gasteiger partial charge < -0.3 is 0 Å². The summed E-state index contributed by atoms with van der Waals surface area (Å²) in [7, 11) is 0. The van der Waals surface area contributed by atoms with E-state index in [1.165, 1.54) is 85.6 Å². The van der Waals surface area contributed by atoms with Gasteiger partial charge in [-0.25, -0.2) is 4.98 Å². The Hall–Kier alpha value is -2.68. The highest BCUT2D eigenvalue weighted by molar-refractivity contribution is 5.83. The van der Waals surface area contributed by atoms with E-state index in [0.717, 1.165) is 17.8 Å². The lowest BCUT2D eigenvalue weighted by Gasteiger charge is -2.14. The van der Waals surface area contributed by atoms with Gasteiger partial charge in [0.25, 0.3) is 0 Å². The molecule has 0 spiro atoms. The second-order valence-corrected chi connectivity index (χ2v) is 8.82. The van der Waals surface area contributed by atoms with Crippen molar-refractivity contribution in [3.63, 3.8) is 0 Å². The normalized spacial score (nSPS) is 11.3. The van der Waals surface area contributed by atoms with E-state index in [0.29, 0.717) is 0 Å². The predicted octanol–water partition coefficient (Wildman–Crippen LogP) is 9.33. The van der Waals surface area contributed by atoms with Gasteiger partial charge >= 0.3 is 0 Å². The smallest absolute Gasteiger partial charge is 0.155 e. The number of rotatable bonds is 13. The molecule has 3 heteroatoms. The predicted molar refractivity (Wildman–Crippen MR) is 148 cm³/mol. The first-order valence-corrected chi connectivity index (χ1v) is 13.5. The zero-order valence-corrected chi connectivity index (χ0v) is 22.2. The summed E-state index contributed by atoms with van der Waals surface area (Å²) in [4.78, 5) is 4.33. The monoisotopic (exact) mass is 459 g/mol. The lowest BCUT2D eigenvalue weighted by Crippen LogP contribution is -1.95. The Morgan fingerprint density at radius 1 is 0.882 bits per heavy atom. The van der Waals surface area contributed by atoms with Crippen molar-refractivity contribution in [3.8, 4) is 11.4 Å². The number of nitrogens with zero attached hydrogens (tertiary/aromatic N) is 2. The van der Waals surface area contributed by atoms with Crippen molar-refractivity contribution in [3.05, 3.63) is 77.1 Å². The highest BCUT2D eigenvalue weighted by Gasteiger charge is 2.11. The largest absolute Gasteiger partial charge is 0.259 e. The Morgan fingerprint density at radius 2 is 1.62 bits per heavy atom. The molecule has 0 unspecified atom stereocenters. The molecule has 0 saturated heterocycles. The summed E-state index contributed by atoms with van der Waals surface area (Å²) in [6, 6.07) is 15.7. The summed E-state index contributed by atoms with van der Waals surface area (Å²) in [6.45, 7) is 10.7. The molecule has 34 heavy (non-hydrogen) atoms. The Labute approximate surface area is 208 Å². The van der Waals surface area contributed by atoms with Gasteiger partial charge in [-0.15, -0.1) is 0 Å². The van der Waals surface area contributed by atoms with E-state index in [1.54, 1.807) is 6.33 Å². The quantitative estimate of drug-likeness (QED) is 0.259. The molecule has 1 aromatic heterocycles. The van der Waals surface area contributed by atoms with Gasteiger partial charge in [0.2, 0.25) is 0 Å². The highest BCUT2D eigenvalue weighted by Crippen LogP contribution is 2.30. The fourth-order valence-electron chi connectivity index (χ4n) is 4.35. The third-order valence-electron chi connectivity index (χ3n) is 6.18. The third kappa shape index (κ3) is 8.59. The van der Waals surface area contributed by atoms with Gasteiger partial charge in [0.05, 0.1) is 0 Å². The van der Waals surface area contributed by atoms with E-state index in [9.17, 15) is 0 Å². The standard InChI is InChI=1S/C29H39N3.C2H6/c1-4-6-7-8-9-10-11-12-15-24-16-13-17-25(20-24)27(14-5-2)28-21-26(19-18-23(28)3)29-30-22-31-32-29;1-2/h13-14,16-22H,4-12,15H2,1-3H3,(H,30,31,32);1-2H3/b27-14-;. The van der Waals surface area contributed by atoms with Crippen LogP contribution in [0.4, 0.5) is 0 Å². The van der Waals surface area contributed by atoms with Gasteiger partial charge in [0, 0.05) is 5.56 Å². The molecule has 0 radical (unpaired) electrons. The Morgan fingerprint density at radius 3 is 2.29 bits per heavy atom. The van der Waals surface area contributed by atoms with Crippen molar-refractivity contribution in [2.75, 3.05) is 0 Å². The highest BCUT2D eigenvalue weighted by atomic mass is 15.2. The number of aryl methyl sites for hydroxylation is 2. The molecular formula is C31H45N3. The Kier molecular flexibility index (Phi) is 13.0. The minimum Gasteiger partial charge on any atom is -0.259 e. The molecule has 1 N–H and O–H groups in total.